The molecule has 2 nitrogen and oxygen atoms in total. The van der Waals surface area contributed by atoms with Crippen LogP contribution in [0.25, 0.3) is 0 Å². The minimum absolute atomic E-state index is 0.112. The molecule has 0 radical (unpaired) electrons. The van der Waals surface area contributed by atoms with E-state index in [1.807, 2.05) is 24.3 Å². The van der Waals surface area contributed by atoms with Crippen molar-refractivity contribution in [3.05, 3.63) is 29.8 Å². The van der Waals surface area contributed by atoms with Gasteiger partial charge in [-0.25, -0.2) is 4.39 Å². The van der Waals surface area contributed by atoms with Crippen LogP contribution >= 0.6 is 0 Å². The lowest BCUT2D eigenvalue weighted by atomic mass is 9.90. The van der Waals surface area contributed by atoms with Gasteiger partial charge >= 0.3 is 0 Å². The number of ether oxygens (including phenoxy) is 1. The summed E-state index contributed by atoms with van der Waals surface area (Å²) >= 11 is 0. The van der Waals surface area contributed by atoms with Crippen LogP contribution in [0.5, 0.6) is 5.75 Å². The van der Waals surface area contributed by atoms with E-state index in [2.05, 4.69) is 5.32 Å². The summed E-state index contributed by atoms with van der Waals surface area (Å²) in [6.45, 7) is 1.93. The average molecular weight is 237 g/mol. The second-order valence-electron chi connectivity index (χ2n) is 4.58. The quantitative estimate of drug-likeness (QED) is 0.872. The van der Waals surface area contributed by atoms with Gasteiger partial charge in [0.1, 0.15) is 11.9 Å². The predicted molar refractivity (Wildman–Crippen MR) is 67.1 cm³/mol. The Morgan fingerprint density at radius 3 is 2.94 bits per heavy atom. The van der Waals surface area contributed by atoms with Crippen LogP contribution in [0.15, 0.2) is 24.3 Å². The van der Waals surface area contributed by atoms with Gasteiger partial charge in [-0.15, -0.1) is 0 Å². The van der Waals surface area contributed by atoms with Crippen LogP contribution < -0.4 is 10.1 Å². The van der Waals surface area contributed by atoms with Gasteiger partial charge in [-0.2, -0.15) is 0 Å². The third-order valence-electron chi connectivity index (χ3n) is 3.47. The Morgan fingerprint density at radius 2 is 2.12 bits per heavy atom. The summed E-state index contributed by atoms with van der Waals surface area (Å²) in [7, 11) is 1.60. The van der Waals surface area contributed by atoms with Crippen molar-refractivity contribution in [1.82, 2.24) is 5.32 Å². The topological polar surface area (TPSA) is 21.3 Å². The summed E-state index contributed by atoms with van der Waals surface area (Å²) in [4.78, 5) is 0. The molecule has 1 N–H and O–H groups in total. The molecule has 0 bridgehead atoms. The summed E-state index contributed by atoms with van der Waals surface area (Å²) in [5.74, 6) is 0.776. The normalized spacial score (nSPS) is 22.8. The molecule has 1 fully saturated rings. The molecule has 2 atom stereocenters. The molecule has 3 heteroatoms. The molecule has 1 saturated heterocycles. The third-order valence-corrected chi connectivity index (χ3v) is 3.47. The smallest absolute Gasteiger partial charge is 0.132 e. The maximum absolute atomic E-state index is 14.5. The first-order valence-corrected chi connectivity index (χ1v) is 6.30. The highest BCUT2D eigenvalue weighted by Gasteiger charge is 2.25. The first-order valence-electron chi connectivity index (χ1n) is 6.30. The average Bonchev–Trinajstić information content (AvgIpc) is 2.66. The molecule has 1 heterocycles. The van der Waals surface area contributed by atoms with Crippen molar-refractivity contribution in [1.29, 1.82) is 0 Å². The van der Waals surface area contributed by atoms with Gasteiger partial charge in [0.05, 0.1) is 7.11 Å². The Kier molecular flexibility index (Phi) is 4.37. The first kappa shape index (κ1) is 12.4. The Morgan fingerprint density at radius 1 is 1.29 bits per heavy atom. The molecule has 1 aromatic rings. The number of hydrogen-bond acceptors (Lipinski definition) is 2. The molecule has 0 spiro atoms. The second kappa shape index (κ2) is 6.01. The van der Waals surface area contributed by atoms with Crippen molar-refractivity contribution in [2.75, 3.05) is 20.2 Å². The summed E-state index contributed by atoms with van der Waals surface area (Å²) in [5.41, 5.74) is 0.696. The molecule has 1 aliphatic rings. The van der Waals surface area contributed by atoms with Crippen LogP contribution in [0.4, 0.5) is 4.39 Å². The summed E-state index contributed by atoms with van der Waals surface area (Å²) < 4.78 is 19.8. The lowest BCUT2D eigenvalue weighted by Gasteiger charge is -2.20. The molecule has 2 rings (SSSR count). The Hall–Kier alpha value is -1.09. The zero-order valence-corrected chi connectivity index (χ0v) is 10.3. The zero-order valence-electron chi connectivity index (χ0n) is 10.3. The highest BCUT2D eigenvalue weighted by molar-refractivity contribution is 5.35. The van der Waals surface area contributed by atoms with Gasteiger partial charge in [0.25, 0.3) is 0 Å². The van der Waals surface area contributed by atoms with Gasteiger partial charge in [0.2, 0.25) is 0 Å². The number of halogens is 1. The van der Waals surface area contributed by atoms with Gasteiger partial charge in [-0.1, -0.05) is 18.2 Å². The number of hydrogen-bond donors (Lipinski definition) is 1. The van der Waals surface area contributed by atoms with Gasteiger partial charge in [-0.05, 0) is 44.3 Å². The summed E-state index contributed by atoms with van der Waals surface area (Å²) in [6.07, 6.45) is 2.00. The maximum atomic E-state index is 14.5. The second-order valence-corrected chi connectivity index (χ2v) is 4.58. The zero-order chi connectivity index (χ0) is 12.1. The van der Waals surface area contributed by atoms with Crippen LogP contribution in [-0.4, -0.2) is 20.2 Å². The van der Waals surface area contributed by atoms with E-state index in [1.165, 1.54) is 0 Å². The van der Waals surface area contributed by atoms with Crippen LogP contribution in [0, 0.1) is 5.92 Å². The van der Waals surface area contributed by atoms with E-state index < -0.39 is 6.17 Å². The van der Waals surface area contributed by atoms with Crippen molar-refractivity contribution < 1.29 is 9.13 Å². The number of alkyl halides is 1. The van der Waals surface area contributed by atoms with E-state index in [1.54, 1.807) is 7.11 Å². The SMILES string of the molecule is COc1ccccc1C(F)C1CCCNCC1. The van der Waals surface area contributed by atoms with E-state index in [0.717, 1.165) is 32.4 Å². The lowest BCUT2D eigenvalue weighted by Crippen LogP contribution is -2.15. The van der Waals surface area contributed by atoms with Crippen LogP contribution in [0.1, 0.15) is 31.0 Å². The molecule has 0 amide bonds. The van der Waals surface area contributed by atoms with Crippen molar-refractivity contribution in [2.45, 2.75) is 25.4 Å². The summed E-state index contributed by atoms with van der Waals surface area (Å²) in [6, 6.07) is 7.42. The largest absolute Gasteiger partial charge is 0.496 e. The van der Waals surface area contributed by atoms with Crippen molar-refractivity contribution in [2.24, 2.45) is 5.92 Å². The molecular formula is C14H20FNO. The molecule has 17 heavy (non-hydrogen) atoms. The van der Waals surface area contributed by atoms with E-state index in [0.29, 0.717) is 11.3 Å². The van der Waals surface area contributed by atoms with Gasteiger partial charge in [0, 0.05) is 5.56 Å². The molecule has 0 saturated carbocycles. The highest BCUT2D eigenvalue weighted by atomic mass is 19.1. The minimum atomic E-state index is -0.911. The van der Waals surface area contributed by atoms with Crippen LogP contribution in [0.3, 0.4) is 0 Å². The lowest BCUT2D eigenvalue weighted by molar-refractivity contribution is 0.209. The number of rotatable bonds is 3. The fourth-order valence-corrected chi connectivity index (χ4v) is 2.49. The van der Waals surface area contributed by atoms with Crippen molar-refractivity contribution >= 4 is 0 Å². The van der Waals surface area contributed by atoms with E-state index in [-0.39, 0.29) is 5.92 Å². The number of para-hydroxylation sites is 1. The molecule has 1 aliphatic heterocycles. The fraction of sp³-hybridized carbons (Fsp3) is 0.571. The number of benzene rings is 1. The van der Waals surface area contributed by atoms with Crippen LogP contribution in [0.2, 0.25) is 0 Å². The standard InChI is InChI=1S/C14H20FNO/c1-17-13-7-3-2-6-12(13)14(15)11-5-4-9-16-10-8-11/h2-3,6-7,11,14,16H,4-5,8-10H2,1H3. The Bertz CT molecular complexity index is 348. The summed E-state index contributed by atoms with van der Waals surface area (Å²) in [5, 5.41) is 3.31. The predicted octanol–water partition coefficient (Wildman–Crippen LogP) is 3.10. The Balaban J connectivity index is 2.14. The molecular weight excluding hydrogens is 217 g/mol. The van der Waals surface area contributed by atoms with Crippen molar-refractivity contribution in [3.63, 3.8) is 0 Å². The highest BCUT2D eigenvalue weighted by Crippen LogP contribution is 2.37. The van der Waals surface area contributed by atoms with Crippen molar-refractivity contribution in [3.8, 4) is 5.75 Å². The van der Waals surface area contributed by atoms with Gasteiger partial charge in [-0.3, -0.25) is 0 Å². The number of methoxy groups -OCH3 is 1. The Labute approximate surface area is 102 Å². The fourth-order valence-electron chi connectivity index (χ4n) is 2.49. The third kappa shape index (κ3) is 2.97. The van der Waals surface area contributed by atoms with Gasteiger partial charge in [0.15, 0.2) is 0 Å². The molecule has 0 aromatic heterocycles. The monoisotopic (exact) mass is 237 g/mol. The maximum Gasteiger partial charge on any atom is 0.132 e. The molecule has 94 valence electrons. The first-order chi connectivity index (χ1) is 8.33. The van der Waals surface area contributed by atoms with E-state index >= 15 is 0 Å². The van der Waals surface area contributed by atoms with E-state index in [4.69, 9.17) is 4.74 Å². The van der Waals surface area contributed by atoms with E-state index in [9.17, 15) is 4.39 Å². The number of nitrogens with one attached hydrogen (secondary N) is 1. The molecule has 1 aromatic carbocycles. The van der Waals surface area contributed by atoms with Gasteiger partial charge < -0.3 is 10.1 Å². The van der Waals surface area contributed by atoms with Crippen LogP contribution in [-0.2, 0) is 0 Å². The minimum Gasteiger partial charge on any atom is -0.496 e. The molecule has 2 unspecified atom stereocenters. The molecule has 0 aliphatic carbocycles.